The van der Waals surface area contributed by atoms with Crippen LogP contribution in [0, 0.1) is 11.6 Å². The van der Waals surface area contributed by atoms with Crippen molar-refractivity contribution in [2.45, 2.75) is 0 Å². The number of carbonyl (C=O) groups excluding carboxylic acids is 1. The number of nitrogens with one attached hydrogen (secondary N) is 2. The molecule has 0 aliphatic rings. The van der Waals surface area contributed by atoms with Crippen LogP contribution < -0.4 is 15.4 Å². The van der Waals surface area contributed by atoms with Gasteiger partial charge in [-0.15, -0.1) is 0 Å². The van der Waals surface area contributed by atoms with Crippen LogP contribution in [0.1, 0.15) is 10.4 Å². The van der Waals surface area contributed by atoms with Crippen LogP contribution >= 0.6 is 0 Å². The van der Waals surface area contributed by atoms with Gasteiger partial charge in [0.2, 0.25) is 0 Å². The molecule has 2 aromatic carbocycles. The summed E-state index contributed by atoms with van der Waals surface area (Å²) in [6, 6.07) is 13.3. The Balaban J connectivity index is 1.79. The molecule has 0 fully saturated rings. The smallest absolute Gasteiger partial charge is 0.255 e. The Kier molecular flexibility index (Phi) is 5.07. The largest absolute Gasteiger partial charge is 0.497 e. The van der Waals surface area contributed by atoms with Crippen molar-refractivity contribution < 1.29 is 18.3 Å². The molecule has 0 saturated carbocycles. The van der Waals surface area contributed by atoms with E-state index < -0.39 is 17.5 Å². The van der Waals surface area contributed by atoms with Crippen molar-refractivity contribution >= 4 is 23.1 Å². The van der Waals surface area contributed by atoms with Crippen molar-refractivity contribution in [3.8, 4) is 5.75 Å². The van der Waals surface area contributed by atoms with E-state index in [4.69, 9.17) is 4.74 Å². The molecule has 0 unspecified atom stereocenters. The SMILES string of the molecule is COc1cccc(NC(=O)c2ccnc(Nc3c(F)cccc3F)c2)c1. The molecule has 3 rings (SSSR count). The Labute approximate surface area is 148 Å². The Morgan fingerprint density at radius 1 is 1.04 bits per heavy atom. The van der Waals surface area contributed by atoms with Crippen molar-refractivity contribution in [1.82, 2.24) is 4.98 Å². The lowest BCUT2D eigenvalue weighted by atomic mass is 10.2. The molecule has 0 saturated heterocycles. The van der Waals surface area contributed by atoms with E-state index in [1.807, 2.05) is 0 Å². The van der Waals surface area contributed by atoms with E-state index in [1.54, 1.807) is 24.3 Å². The highest BCUT2D eigenvalue weighted by atomic mass is 19.1. The van der Waals surface area contributed by atoms with Gasteiger partial charge >= 0.3 is 0 Å². The second-order valence-electron chi connectivity index (χ2n) is 5.34. The van der Waals surface area contributed by atoms with Gasteiger partial charge in [-0.2, -0.15) is 0 Å². The number of halogens is 2. The normalized spacial score (nSPS) is 10.3. The molecule has 0 bridgehead atoms. The number of methoxy groups -OCH3 is 1. The Bertz CT molecular complexity index is 927. The van der Waals surface area contributed by atoms with Crippen molar-refractivity contribution in [1.29, 1.82) is 0 Å². The first kappa shape index (κ1) is 17.3. The summed E-state index contributed by atoms with van der Waals surface area (Å²) in [7, 11) is 1.53. The third-order valence-corrected chi connectivity index (χ3v) is 3.57. The first-order valence-electron chi connectivity index (χ1n) is 7.69. The monoisotopic (exact) mass is 355 g/mol. The van der Waals surface area contributed by atoms with Crippen LogP contribution in [0.15, 0.2) is 60.8 Å². The maximum absolute atomic E-state index is 13.7. The Morgan fingerprint density at radius 3 is 2.50 bits per heavy atom. The molecule has 5 nitrogen and oxygen atoms in total. The van der Waals surface area contributed by atoms with E-state index in [-0.39, 0.29) is 17.1 Å². The van der Waals surface area contributed by atoms with E-state index in [1.165, 1.54) is 31.5 Å². The predicted molar refractivity (Wildman–Crippen MR) is 94.8 cm³/mol. The predicted octanol–water partition coefficient (Wildman–Crippen LogP) is 4.36. The third kappa shape index (κ3) is 3.94. The zero-order valence-electron chi connectivity index (χ0n) is 13.8. The Morgan fingerprint density at radius 2 is 1.77 bits per heavy atom. The van der Waals surface area contributed by atoms with Gasteiger partial charge < -0.3 is 15.4 Å². The van der Waals surface area contributed by atoms with Gasteiger partial charge in [-0.3, -0.25) is 4.79 Å². The van der Waals surface area contributed by atoms with Gasteiger partial charge in [-0.25, -0.2) is 13.8 Å². The number of aromatic nitrogens is 1. The van der Waals surface area contributed by atoms with Gasteiger partial charge in [-0.1, -0.05) is 12.1 Å². The zero-order chi connectivity index (χ0) is 18.5. The molecule has 1 heterocycles. The van der Waals surface area contributed by atoms with Gasteiger partial charge in [0, 0.05) is 23.5 Å². The van der Waals surface area contributed by atoms with Gasteiger partial charge in [-0.05, 0) is 36.4 Å². The number of hydrogen-bond donors (Lipinski definition) is 2. The molecule has 132 valence electrons. The summed E-state index contributed by atoms with van der Waals surface area (Å²) in [6.07, 6.45) is 1.38. The average molecular weight is 355 g/mol. The molecule has 3 aromatic rings. The van der Waals surface area contributed by atoms with Crippen LogP contribution in [0.3, 0.4) is 0 Å². The fourth-order valence-electron chi connectivity index (χ4n) is 2.29. The molecule has 0 atom stereocenters. The summed E-state index contributed by atoms with van der Waals surface area (Å²) in [4.78, 5) is 16.4. The molecule has 0 aliphatic heterocycles. The van der Waals surface area contributed by atoms with Crippen LogP contribution in [-0.2, 0) is 0 Å². The maximum Gasteiger partial charge on any atom is 0.255 e. The number of amides is 1. The lowest BCUT2D eigenvalue weighted by molar-refractivity contribution is 0.102. The minimum atomic E-state index is -0.752. The number of para-hydroxylation sites is 1. The van der Waals surface area contributed by atoms with Crippen LogP contribution in [0.4, 0.5) is 26.0 Å². The first-order chi connectivity index (χ1) is 12.6. The minimum absolute atomic E-state index is 0.146. The van der Waals surface area contributed by atoms with Gasteiger partial charge in [0.1, 0.15) is 28.9 Å². The van der Waals surface area contributed by atoms with E-state index in [0.29, 0.717) is 11.4 Å². The summed E-state index contributed by atoms with van der Waals surface area (Å²) in [5, 5.41) is 5.28. The molecular weight excluding hydrogens is 340 g/mol. The molecule has 2 N–H and O–H groups in total. The van der Waals surface area contributed by atoms with Crippen LogP contribution in [0.2, 0.25) is 0 Å². The highest BCUT2D eigenvalue weighted by Gasteiger charge is 2.12. The van der Waals surface area contributed by atoms with E-state index in [0.717, 1.165) is 12.1 Å². The number of carbonyl (C=O) groups is 1. The number of ether oxygens (including phenoxy) is 1. The van der Waals surface area contributed by atoms with Gasteiger partial charge in [0.05, 0.1) is 7.11 Å². The topological polar surface area (TPSA) is 63.2 Å². The number of nitrogens with zero attached hydrogens (tertiary/aromatic N) is 1. The number of benzene rings is 2. The summed E-state index contributed by atoms with van der Waals surface area (Å²) in [5.74, 6) is -1.14. The Hall–Kier alpha value is -3.48. The lowest BCUT2D eigenvalue weighted by Gasteiger charge is -2.10. The molecule has 0 radical (unpaired) electrons. The fraction of sp³-hybridized carbons (Fsp3) is 0.0526. The van der Waals surface area contributed by atoms with Crippen LogP contribution in [0.5, 0.6) is 5.75 Å². The standard InChI is InChI=1S/C19H15F2N3O2/c1-26-14-5-2-4-13(11-14)23-19(25)12-8-9-22-17(10-12)24-18-15(20)6-3-7-16(18)21/h2-11H,1H3,(H,22,24)(H,23,25). The zero-order valence-corrected chi connectivity index (χ0v) is 13.8. The molecule has 1 aromatic heterocycles. The van der Waals surface area contributed by atoms with Gasteiger partial charge in [0.15, 0.2) is 0 Å². The molecule has 7 heteroatoms. The molecule has 26 heavy (non-hydrogen) atoms. The number of rotatable bonds is 5. The molecular formula is C19H15F2N3O2. The summed E-state index contributed by atoms with van der Waals surface area (Å²) >= 11 is 0. The van der Waals surface area contributed by atoms with Crippen LogP contribution in [-0.4, -0.2) is 18.0 Å². The number of anilines is 3. The second-order valence-corrected chi connectivity index (χ2v) is 5.34. The van der Waals surface area contributed by atoms with Gasteiger partial charge in [0.25, 0.3) is 5.91 Å². The van der Waals surface area contributed by atoms with Crippen molar-refractivity contribution in [3.63, 3.8) is 0 Å². The third-order valence-electron chi connectivity index (χ3n) is 3.57. The highest BCUT2D eigenvalue weighted by molar-refractivity contribution is 6.04. The molecule has 0 aliphatic carbocycles. The number of pyridine rings is 1. The summed E-state index contributed by atoms with van der Waals surface area (Å²) in [5.41, 5.74) is 0.508. The fourth-order valence-corrected chi connectivity index (χ4v) is 2.29. The van der Waals surface area contributed by atoms with Crippen molar-refractivity contribution in [2.24, 2.45) is 0 Å². The minimum Gasteiger partial charge on any atom is -0.497 e. The number of hydrogen-bond acceptors (Lipinski definition) is 4. The summed E-state index contributed by atoms with van der Waals surface area (Å²) < 4.78 is 32.6. The summed E-state index contributed by atoms with van der Waals surface area (Å²) in [6.45, 7) is 0. The maximum atomic E-state index is 13.7. The quantitative estimate of drug-likeness (QED) is 0.714. The molecule has 1 amide bonds. The average Bonchev–Trinajstić information content (AvgIpc) is 2.65. The second kappa shape index (κ2) is 7.60. The first-order valence-corrected chi connectivity index (χ1v) is 7.69. The van der Waals surface area contributed by atoms with Crippen LogP contribution in [0.25, 0.3) is 0 Å². The molecule has 0 spiro atoms. The van der Waals surface area contributed by atoms with E-state index >= 15 is 0 Å². The van der Waals surface area contributed by atoms with E-state index in [2.05, 4.69) is 15.6 Å². The van der Waals surface area contributed by atoms with E-state index in [9.17, 15) is 13.6 Å². The van der Waals surface area contributed by atoms with Crippen molar-refractivity contribution in [2.75, 3.05) is 17.7 Å². The van der Waals surface area contributed by atoms with Crippen molar-refractivity contribution in [3.05, 3.63) is 78.0 Å². The lowest BCUT2D eigenvalue weighted by Crippen LogP contribution is -2.12. The highest BCUT2D eigenvalue weighted by Crippen LogP contribution is 2.23.